The number of carbonyl (C=O) groups is 4. The standard InChI is InChI=1S/4CH2O3.4Zn/c4*2-1(3)4;;;;/h4*(H2,2,3,4);;;;/q;;;;4*+2/p-8. The van der Waals surface area contributed by atoms with Crippen LogP contribution in [0.2, 0.25) is 0 Å². The molecule has 0 aromatic rings. The molecule has 0 saturated carbocycles. The molecule has 0 aliphatic carbocycles. The largest absolute Gasteiger partial charge is 2.00 e. The third kappa shape index (κ3) is 26500. The van der Waals surface area contributed by atoms with Crippen LogP contribution < -0.4 is 40.9 Å². The van der Waals surface area contributed by atoms with E-state index in [2.05, 4.69) is 0 Å². The zero-order chi connectivity index (χ0) is 14.3. The number of rotatable bonds is 0. The molecule has 0 spiro atoms. The minimum atomic E-state index is -2.33. The molecule has 0 N–H and O–H groups in total. The molecule has 0 aliphatic rings. The van der Waals surface area contributed by atoms with Gasteiger partial charge in [0.25, 0.3) is 0 Å². The third-order valence-electron chi connectivity index (χ3n) is 0. The summed E-state index contributed by atoms with van der Waals surface area (Å²) in [5.74, 6) is 0. The Morgan fingerprint density at radius 3 is 0.350 bits per heavy atom. The summed E-state index contributed by atoms with van der Waals surface area (Å²) in [6.07, 6.45) is -9.33. The van der Waals surface area contributed by atoms with Gasteiger partial charge in [-0.3, -0.25) is 0 Å². The fraction of sp³-hybridized carbons (Fsp3) is 0. The average molecular weight is 502 g/mol. The van der Waals surface area contributed by atoms with Crippen molar-refractivity contribution in [1.29, 1.82) is 0 Å². The van der Waals surface area contributed by atoms with Crippen molar-refractivity contribution in [2.75, 3.05) is 0 Å². The molecule has 12 nitrogen and oxygen atoms in total. The molecule has 16 heteroatoms. The van der Waals surface area contributed by atoms with Crippen LogP contribution in [0.1, 0.15) is 0 Å². The molecular formula is C4O12Zn4. The first-order chi connectivity index (χ1) is 6.93. The van der Waals surface area contributed by atoms with Crippen LogP contribution in [0.3, 0.4) is 0 Å². The van der Waals surface area contributed by atoms with Gasteiger partial charge in [0.1, 0.15) is 0 Å². The Labute approximate surface area is 161 Å². The predicted molar refractivity (Wildman–Crippen MR) is 21.6 cm³/mol. The Hall–Kier alpha value is -0.426. The second-order valence-electron chi connectivity index (χ2n) is 1.00. The maximum absolute atomic E-state index is 8.33. The van der Waals surface area contributed by atoms with Crippen molar-refractivity contribution in [3.05, 3.63) is 0 Å². The van der Waals surface area contributed by atoms with E-state index in [0.717, 1.165) is 0 Å². The van der Waals surface area contributed by atoms with Crippen LogP contribution in [0, 0.1) is 0 Å². The molecule has 0 radical (unpaired) electrons. The summed E-state index contributed by atoms with van der Waals surface area (Å²) in [7, 11) is 0. The maximum Gasteiger partial charge on any atom is 2.00 e. The predicted octanol–water partition coefficient (Wildman–Crippen LogP) is -9.80. The monoisotopic (exact) mass is 496 g/mol. The third-order valence-corrected chi connectivity index (χ3v) is 0. The van der Waals surface area contributed by atoms with E-state index in [9.17, 15) is 0 Å². The number of carboxylic acid groups (broad SMARTS) is 8. The first-order valence-electron chi connectivity index (χ1n) is 2.45. The number of carbonyl (C=O) groups excluding carboxylic acids is 4. The van der Waals surface area contributed by atoms with E-state index in [0.29, 0.717) is 0 Å². The first-order valence-corrected chi connectivity index (χ1v) is 2.45. The van der Waals surface area contributed by atoms with Gasteiger partial charge < -0.3 is 60.0 Å². The first kappa shape index (κ1) is 50.4. The molecule has 0 bridgehead atoms. The zero-order valence-corrected chi connectivity index (χ0v) is 21.6. The summed E-state index contributed by atoms with van der Waals surface area (Å²) >= 11 is 0. The van der Waals surface area contributed by atoms with Crippen LogP contribution in [0.15, 0.2) is 0 Å². The Morgan fingerprint density at radius 1 is 0.350 bits per heavy atom. The summed E-state index contributed by atoms with van der Waals surface area (Å²) in [6.45, 7) is 0. The second kappa shape index (κ2) is 42.8. The minimum absolute atomic E-state index is 0. The van der Waals surface area contributed by atoms with Crippen LogP contribution in [-0.2, 0) is 77.9 Å². The van der Waals surface area contributed by atoms with Gasteiger partial charge in [0, 0.05) is 0 Å². The fourth-order valence-electron chi connectivity index (χ4n) is 0. The van der Waals surface area contributed by atoms with Crippen molar-refractivity contribution >= 4 is 24.6 Å². The van der Waals surface area contributed by atoms with Crippen LogP contribution >= 0.6 is 0 Å². The molecule has 20 heavy (non-hydrogen) atoms. The zero-order valence-electron chi connectivity index (χ0n) is 9.73. The maximum atomic E-state index is 8.33. The van der Waals surface area contributed by atoms with Crippen molar-refractivity contribution in [1.82, 2.24) is 0 Å². The number of hydrogen-bond donors (Lipinski definition) is 0. The topological polar surface area (TPSA) is 253 Å². The normalized spacial score (nSPS) is 4.80. The quantitative estimate of drug-likeness (QED) is 0.280. The van der Waals surface area contributed by atoms with Crippen molar-refractivity contribution in [3.63, 3.8) is 0 Å². The summed E-state index contributed by atoms with van der Waals surface area (Å²) in [5.41, 5.74) is 0. The Balaban J connectivity index is -0.0000000150. The Bertz CT molecular complexity index is 167. The van der Waals surface area contributed by atoms with Gasteiger partial charge in [-0.15, -0.1) is 0 Å². The summed E-state index contributed by atoms with van der Waals surface area (Å²) in [4.78, 5) is 33.3. The van der Waals surface area contributed by atoms with Gasteiger partial charge in [0.15, 0.2) is 0 Å². The van der Waals surface area contributed by atoms with Crippen molar-refractivity contribution in [3.8, 4) is 0 Å². The molecule has 0 amide bonds. The van der Waals surface area contributed by atoms with Gasteiger partial charge in [0.05, 0.1) is 0 Å². The van der Waals surface area contributed by atoms with E-state index in [-0.39, 0.29) is 77.9 Å². The van der Waals surface area contributed by atoms with Gasteiger partial charge in [0.2, 0.25) is 0 Å². The molecule has 0 atom stereocenters. The van der Waals surface area contributed by atoms with Crippen LogP contribution in [-0.4, -0.2) is 24.6 Å². The van der Waals surface area contributed by atoms with Gasteiger partial charge in [-0.25, -0.2) is 0 Å². The molecule has 0 fully saturated rings. The SMILES string of the molecule is O=C([O-])[O-].O=C([O-])[O-].O=C([O-])[O-].O=C([O-])[O-].[Zn+2].[Zn+2].[Zn+2].[Zn+2]. The van der Waals surface area contributed by atoms with Crippen molar-refractivity contribution < 1.29 is 138 Å². The van der Waals surface area contributed by atoms with E-state index in [4.69, 9.17) is 60.0 Å². The second-order valence-corrected chi connectivity index (χ2v) is 1.00. The van der Waals surface area contributed by atoms with E-state index >= 15 is 0 Å². The van der Waals surface area contributed by atoms with Gasteiger partial charge >= 0.3 is 77.9 Å². The van der Waals surface area contributed by atoms with Crippen molar-refractivity contribution in [2.24, 2.45) is 0 Å². The molecular weight excluding hydrogens is 502 g/mol. The minimum Gasteiger partial charge on any atom is -0.652 e. The summed E-state index contributed by atoms with van der Waals surface area (Å²) < 4.78 is 0. The molecule has 0 unspecified atom stereocenters. The smallest absolute Gasteiger partial charge is 0.652 e. The molecule has 0 heterocycles. The average Bonchev–Trinajstić information content (AvgIpc) is 1.76. The van der Waals surface area contributed by atoms with E-state index in [1.807, 2.05) is 0 Å². The number of hydrogen-bond acceptors (Lipinski definition) is 12. The Kier molecular flexibility index (Phi) is 108. The summed E-state index contributed by atoms with van der Waals surface area (Å²) in [5, 5.41) is 66.7. The van der Waals surface area contributed by atoms with Gasteiger partial charge in [-0.2, -0.15) is 0 Å². The molecule has 96 valence electrons. The summed E-state index contributed by atoms with van der Waals surface area (Å²) in [6, 6.07) is 0. The van der Waals surface area contributed by atoms with Gasteiger partial charge in [-0.1, -0.05) is 0 Å². The van der Waals surface area contributed by atoms with Gasteiger partial charge in [-0.05, 0) is 24.6 Å². The molecule has 0 aromatic heterocycles. The molecule has 0 rings (SSSR count). The molecule has 0 aromatic carbocycles. The van der Waals surface area contributed by atoms with Crippen LogP contribution in [0.5, 0.6) is 0 Å². The van der Waals surface area contributed by atoms with Crippen molar-refractivity contribution in [2.45, 2.75) is 0 Å². The van der Waals surface area contributed by atoms with Crippen LogP contribution in [0.25, 0.3) is 0 Å². The fourth-order valence-corrected chi connectivity index (χ4v) is 0. The van der Waals surface area contributed by atoms with E-state index < -0.39 is 24.6 Å². The Morgan fingerprint density at radius 2 is 0.350 bits per heavy atom. The molecule has 0 aliphatic heterocycles. The van der Waals surface area contributed by atoms with E-state index in [1.54, 1.807) is 0 Å². The van der Waals surface area contributed by atoms with Crippen LogP contribution in [0.4, 0.5) is 19.2 Å². The van der Waals surface area contributed by atoms with E-state index in [1.165, 1.54) is 0 Å². The molecule has 0 saturated heterocycles.